The quantitative estimate of drug-likeness (QED) is 0.937. The van der Waals surface area contributed by atoms with Crippen LogP contribution in [0.2, 0.25) is 0 Å². The number of rotatable bonds is 3. The molecule has 6 nitrogen and oxygen atoms in total. The number of amides is 2. The number of halogens is 1. The molecule has 126 valence electrons. The zero-order chi connectivity index (χ0) is 16.9. The lowest BCUT2D eigenvalue weighted by molar-refractivity contribution is 0.0221. The second-order valence-corrected chi connectivity index (χ2v) is 5.49. The van der Waals surface area contributed by atoms with Gasteiger partial charge in [0.05, 0.1) is 31.1 Å². The number of urea groups is 1. The summed E-state index contributed by atoms with van der Waals surface area (Å²) in [5.41, 5.74) is 0.560. The molecule has 1 saturated heterocycles. The summed E-state index contributed by atoms with van der Waals surface area (Å²) in [6, 6.07) is 8.95. The lowest BCUT2D eigenvalue weighted by Gasteiger charge is -2.33. The monoisotopic (exact) mass is 331 g/mol. The van der Waals surface area contributed by atoms with Crippen LogP contribution < -0.4 is 10.1 Å². The van der Waals surface area contributed by atoms with Crippen molar-refractivity contribution in [3.05, 3.63) is 48.4 Å². The van der Waals surface area contributed by atoms with Gasteiger partial charge in [0, 0.05) is 18.7 Å². The van der Waals surface area contributed by atoms with Crippen molar-refractivity contribution >= 4 is 11.7 Å². The van der Waals surface area contributed by atoms with Crippen molar-refractivity contribution in [1.82, 2.24) is 9.88 Å². The van der Waals surface area contributed by atoms with Crippen LogP contribution in [0, 0.1) is 5.82 Å². The smallest absolute Gasteiger partial charge is 0.322 e. The van der Waals surface area contributed by atoms with Crippen LogP contribution in [0.15, 0.2) is 42.6 Å². The minimum atomic E-state index is -0.379. The van der Waals surface area contributed by atoms with Crippen LogP contribution in [0.5, 0.6) is 11.6 Å². The number of carbonyl (C=O) groups is 1. The van der Waals surface area contributed by atoms with Gasteiger partial charge in [0.2, 0.25) is 5.88 Å². The van der Waals surface area contributed by atoms with E-state index in [0.717, 1.165) is 0 Å². The lowest BCUT2D eigenvalue weighted by atomic mass is 10.3. The summed E-state index contributed by atoms with van der Waals surface area (Å²) in [5.74, 6) is 0.302. The van der Waals surface area contributed by atoms with E-state index >= 15 is 0 Å². The summed E-state index contributed by atoms with van der Waals surface area (Å²) in [7, 11) is 0. The molecule has 2 heterocycles. The minimum absolute atomic E-state index is 0.0299. The number of ether oxygens (including phenoxy) is 2. The predicted octanol–water partition coefficient (Wildman–Crippen LogP) is 3.27. The molecule has 1 aliphatic rings. The zero-order valence-electron chi connectivity index (χ0n) is 13.2. The Bertz CT molecular complexity index is 708. The molecule has 0 spiro atoms. The zero-order valence-corrected chi connectivity index (χ0v) is 13.2. The van der Waals surface area contributed by atoms with Crippen molar-refractivity contribution < 1.29 is 18.7 Å². The molecule has 1 fully saturated rings. The molecule has 1 aromatic heterocycles. The number of anilines is 1. The van der Waals surface area contributed by atoms with Crippen LogP contribution in [0.1, 0.15) is 6.92 Å². The summed E-state index contributed by atoms with van der Waals surface area (Å²) < 4.78 is 23.9. The van der Waals surface area contributed by atoms with E-state index in [1.807, 2.05) is 6.92 Å². The molecular weight excluding hydrogens is 313 g/mol. The third-order valence-corrected chi connectivity index (χ3v) is 3.63. The maximum atomic E-state index is 13.1. The molecule has 1 N–H and O–H groups in total. The fourth-order valence-electron chi connectivity index (χ4n) is 2.39. The van der Waals surface area contributed by atoms with Gasteiger partial charge in [-0.05, 0) is 25.1 Å². The van der Waals surface area contributed by atoms with E-state index in [9.17, 15) is 9.18 Å². The number of hydrogen-bond donors (Lipinski definition) is 1. The Morgan fingerprint density at radius 3 is 3.00 bits per heavy atom. The van der Waals surface area contributed by atoms with E-state index in [0.29, 0.717) is 37.1 Å². The molecule has 0 aliphatic carbocycles. The highest BCUT2D eigenvalue weighted by Gasteiger charge is 2.23. The number of nitrogens with one attached hydrogen (secondary N) is 1. The maximum Gasteiger partial charge on any atom is 0.322 e. The molecule has 1 aliphatic heterocycles. The first-order valence-electron chi connectivity index (χ1n) is 7.66. The van der Waals surface area contributed by atoms with E-state index in [1.54, 1.807) is 29.2 Å². The van der Waals surface area contributed by atoms with Crippen molar-refractivity contribution in [2.75, 3.05) is 25.1 Å². The molecule has 1 aromatic carbocycles. The van der Waals surface area contributed by atoms with Gasteiger partial charge in [-0.1, -0.05) is 6.07 Å². The molecule has 3 rings (SSSR count). The minimum Gasteiger partial charge on any atom is -0.439 e. The van der Waals surface area contributed by atoms with E-state index in [-0.39, 0.29) is 17.9 Å². The molecule has 0 saturated carbocycles. The Hall–Kier alpha value is -2.67. The molecular formula is C17H18FN3O3. The molecule has 2 amide bonds. The second-order valence-electron chi connectivity index (χ2n) is 5.49. The van der Waals surface area contributed by atoms with Crippen LogP contribution >= 0.6 is 0 Å². The molecule has 24 heavy (non-hydrogen) atoms. The van der Waals surface area contributed by atoms with Crippen molar-refractivity contribution in [2.24, 2.45) is 0 Å². The second kappa shape index (κ2) is 7.27. The summed E-state index contributed by atoms with van der Waals surface area (Å²) in [4.78, 5) is 18.1. The van der Waals surface area contributed by atoms with Gasteiger partial charge in [-0.25, -0.2) is 14.2 Å². The molecule has 0 bridgehead atoms. The summed E-state index contributed by atoms with van der Waals surface area (Å²) >= 11 is 0. The van der Waals surface area contributed by atoms with Crippen LogP contribution in [-0.4, -0.2) is 41.7 Å². The van der Waals surface area contributed by atoms with Gasteiger partial charge >= 0.3 is 6.03 Å². The highest BCUT2D eigenvalue weighted by molar-refractivity contribution is 5.89. The Morgan fingerprint density at radius 2 is 2.29 bits per heavy atom. The molecule has 1 atom stereocenters. The highest BCUT2D eigenvalue weighted by atomic mass is 19.1. The van der Waals surface area contributed by atoms with Gasteiger partial charge in [-0.15, -0.1) is 0 Å². The van der Waals surface area contributed by atoms with Crippen LogP contribution in [0.25, 0.3) is 0 Å². The van der Waals surface area contributed by atoms with Crippen LogP contribution in [-0.2, 0) is 4.74 Å². The third kappa shape index (κ3) is 3.99. The van der Waals surface area contributed by atoms with E-state index in [1.165, 1.54) is 18.3 Å². The number of benzene rings is 1. The number of morpholine rings is 1. The van der Waals surface area contributed by atoms with Gasteiger partial charge in [0.25, 0.3) is 0 Å². The first kappa shape index (κ1) is 16.2. The Balaban J connectivity index is 1.61. The van der Waals surface area contributed by atoms with Crippen molar-refractivity contribution in [3.63, 3.8) is 0 Å². The molecule has 0 radical (unpaired) electrons. The first-order chi connectivity index (χ1) is 11.6. The number of nitrogens with zero attached hydrogens (tertiary/aromatic N) is 2. The third-order valence-electron chi connectivity index (χ3n) is 3.63. The van der Waals surface area contributed by atoms with Crippen molar-refractivity contribution in [2.45, 2.75) is 13.0 Å². The van der Waals surface area contributed by atoms with Crippen molar-refractivity contribution in [1.29, 1.82) is 0 Å². The Kier molecular flexibility index (Phi) is 4.90. The topological polar surface area (TPSA) is 63.7 Å². The van der Waals surface area contributed by atoms with E-state index < -0.39 is 0 Å². The van der Waals surface area contributed by atoms with E-state index in [4.69, 9.17) is 9.47 Å². The molecule has 0 unspecified atom stereocenters. The van der Waals surface area contributed by atoms with Gasteiger partial charge < -0.3 is 19.7 Å². The van der Waals surface area contributed by atoms with Gasteiger partial charge in [-0.2, -0.15) is 0 Å². The SMILES string of the molecule is C[C@@H]1COCCN1C(=O)Nc1ccc(Oc2cccc(F)c2)nc1. The molecule has 2 aromatic rings. The fraction of sp³-hybridized carbons (Fsp3) is 0.294. The number of pyridine rings is 1. The fourth-order valence-corrected chi connectivity index (χ4v) is 2.39. The average molecular weight is 331 g/mol. The number of aromatic nitrogens is 1. The van der Waals surface area contributed by atoms with Gasteiger partial charge in [0.1, 0.15) is 11.6 Å². The first-order valence-corrected chi connectivity index (χ1v) is 7.66. The summed E-state index contributed by atoms with van der Waals surface area (Å²) in [6.07, 6.45) is 1.50. The van der Waals surface area contributed by atoms with Gasteiger partial charge in [0.15, 0.2) is 0 Å². The van der Waals surface area contributed by atoms with E-state index in [2.05, 4.69) is 10.3 Å². The Labute approximate surface area is 139 Å². The standard InChI is InChI=1S/C17H18FN3O3/c1-12-11-23-8-7-21(12)17(22)20-14-5-6-16(19-10-14)24-15-4-2-3-13(18)9-15/h2-6,9-10,12H,7-8,11H2,1H3,(H,20,22)/t12-/m1/s1. The predicted molar refractivity (Wildman–Crippen MR) is 86.7 cm³/mol. The van der Waals surface area contributed by atoms with Gasteiger partial charge in [-0.3, -0.25) is 0 Å². The largest absolute Gasteiger partial charge is 0.439 e. The lowest BCUT2D eigenvalue weighted by Crippen LogP contribution is -2.48. The number of hydrogen-bond acceptors (Lipinski definition) is 4. The maximum absolute atomic E-state index is 13.1. The Morgan fingerprint density at radius 1 is 1.42 bits per heavy atom. The number of carbonyl (C=O) groups excluding carboxylic acids is 1. The summed E-state index contributed by atoms with van der Waals surface area (Å²) in [5, 5.41) is 2.80. The van der Waals surface area contributed by atoms with Crippen molar-refractivity contribution in [3.8, 4) is 11.6 Å². The average Bonchev–Trinajstić information content (AvgIpc) is 2.57. The summed E-state index contributed by atoms with van der Waals surface area (Å²) in [6.45, 7) is 3.57. The normalized spacial score (nSPS) is 17.4. The highest BCUT2D eigenvalue weighted by Crippen LogP contribution is 2.21. The van der Waals surface area contributed by atoms with Crippen LogP contribution in [0.4, 0.5) is 14.9 Å². The molecule has 7 heteroatoms. The van der Waals surface area contributed by atoms with Crippen LogP contribution in [0.3, 0.4) is 0 Å².